The van der Waals surface area contributed by atoms with Crippen molar-refractivity contribution in [2.45, 2.75) is 11.4 Å². The van der Waals surface area contributed by atoms with Gasteiger partial charge in [0.15, 0.2) is 0 Å². The van der Waals surface area contributed by atoms with Gasteiger partial charge >= 0.3 is 5.97 Å². The van der Waals surface area contributed by atoms with Gasteiger partial charge < -0.3 is 4.74 Å². The molecule has 2 aromatic carbocycles. The highest BCUT2D eigenvalue weighted by molar-refractivity contribution is 7.89. The summed E-state index contributed by atoms with van der Waals surface area (Å²) >= 11 is 1.56. The summed E-state index contributed by atoms with van der Waals surface area (Å²) in [5, 5.41) is 2.95. The van der Waals surface area contributed by atoms with E-state index in [0.717, 1.165) is 15.6 Å². The van der Waals surface area contributed by atoms with Crippen LogP contribution in [0.4, 0.5) is 0 Å². The van der Waals surface area contributed by atoms with Crippen LogP contribution in [-0.4, -0.2) is 21.5 Å². The van der Waals surface area contributed by atoms with E-state index in [9.17, 15) is 13.2 Å². The first kappa shape index (κ1) is 16.6. The molecule has 0 aliphatic heterocycles. The van der Waals surface area contributed by atoms with Gasteiger partial charge in [0, 0.05) is 11.2 Å². The molecule has 7 heteroatoms. The predicted molar refractivity (Wildman–Crippen MR) is 93.6 cm³/mol. The third-order valence-corrected chi connectivity index (χ3v) is 6.07. The minimum Gasteiger partial charge on any atom is -0.465 e. The highest BCUT2D eigenvalue weighted by atomic mass is 32.2. The fourth-order valence-electron chi connectivity index (χ4n) is 2.40. The maximum atomic E-state index is 12.6. The number of ether oxygens (including phenoxy) is 1. The summed E-state index contributed by atoms with van der Waals surface area (Å²) in [5.74, 6) is -0.683. The van der Waals surface area contributed by atoms with Crippen molar-refractivity contribution in [3.05, 3.63) is 65.0 Å². The fraction of sp³-hybridized carbons (Fsp3) is 0.118. The quantitative estimate of drug-likeness (QED) is 0.709. The van der Waals surface area contributed by atoms with Gasteiger partial charge in [-0.15, -0.1) is 11.3 Å². The van der Waals surface area contributed by atoms with Crippen LogP contribution in [-0.2, 0) is 21.3 Å². The number of methoxy groups -OCH3 is 1. The molecule has 0 radical (unpaired) electrons. The molecule has 0 aliphatic rings. The average molecular weight is 361 g/mol. The highest BCUT2D eigenvalue weighted by Gasteiger charge is 2.22. The van der Waals surface area contributed by atoms with Crippen molar-refractivity contribution in [3.8, 4) is 0 Å². The molecule has 1 heterocycles. The molecule has 1 N–H and O–H groups in total. The van der Waals surface area contributed by atoms with Crippen LogP contribution in [0.3, 0.4) is 0 Å². The van der Waals surface area contributed by atoms with Crippen LogP contribution in [0.15, 0.2) is 58.8 Å². The second-order valence-corrected chi connectivity index (χ2v) is 7.72. The van der Waals surface area contributed by atoms with Gasteiger partial charge in [0.25, 0.3) is 0 Å². The van der Waals surface area contributed by atoms with Crippen molar-refractivity contribution in [1.82, 2.24) is 4.72 Å². The maximum Gasteiger partial charge on any atom is 0.339 e. The van der Waals surface area contributed by atoms with Crippen molar-refractivity contribution >= 4 is 37.4 Å². The lowest BCUT2D eigenvalue weighted by Crippen LogP contribution is -2.25. The van der Waals surface area contributed by atoms with Crippen molar-refractivity contribution < 1.29 is 17.9 Å². The van der Waals surface area contributed by atoms with E-state index in [1.807, 2.05) is 29.6 Å². The molecule has 0 unspecified atom stereocenters. The molecule has 0 fully saturated rings. The zero-order valence-electron chi connectivity index (χ0n) is 12.9. The van der Waals surface area contributed by atoms with Gasteiger partial charge in [-0.1, -0.05) is 30.3 Å². The molecule has 0 saturated carbocycles. The van der Waals surface area contributed by atoms with E-state index >= 15 is 0 Å². The van der Waals surface area contributed by atoms with Crippen molar-refractivity contribution in [2.75, 3.05) is 7.11 Å². The minimum absolute atomic E-state index is 0.0164. The zero-order chi connectivity index (χ0) is 17.2. The Kier molecular flexibility index (Phi) is 4.66. The van der Waals surface area contributed by atoms with E-state index in [1.54, 1.807) is 23.5 Å². The van der Waals surface area contributed by atoms with Gasteiger partial charge in [-0.05, 0) is 34.5 Å². The van der Waals surface area contributed by atoms with E-state index in [1.165, 1.54) is 19.2 Å². The lowest BCUT2D eigenvalue weighted by atomic mass is 10.2. The summed E-state index contributed by atoms with van der Waals surface area (Å²) in [6, 6.07) is 13.8. The molecule has 124 valence electrons. The van der Waals surface area contributed by atoms with Crippen LogP contribution in [0.2, 0.25) is 0 Å². The highest BCUT2D eigenvalue weighted by Crippen LogP contribution is 2.26. The Morgan fingerprint density at radius 3 is 2.62 bits per heavy atom. The second kappa shape index (κ2) is 6.72. The number of fused-ring (bicyclic) bond motifs is 1. The molecule has 0 amide bonds. The van der Waals surface area contributed by atoms with Gasteiger partial charge in [-0.3, -0.25) is 0 Å². The van der Waals surface area contributed by atoms with E-state index in [2.05, 4.69) is 9.46 Å². The summed E-state index contributed by atoms with van der Waals surface area (Å²) in [6.07, 6.45) is 0. The van der Waals surface area contributed by atoms with Crippen LogP contribution in [0, 0.1) is 0 Å². The smallest absolute Gasteiger partial charge is 0.339 e. The first-order valence-electron chi connectivity index (χ1n) is 7.15. The Labute approximate surface area is 143 Å². The summed E-state index contributed by atoms with van der Waals surface area (Å²) in [7, 11) is -2.62. The molecule has 0 bridgehead atoms. The van der Waals surface area contributed by atoms with Gasteiger partial charge in [-0.2, -0.15) is 0 Å². The third-order valence-electron chi connectivity index (χ3n) is 3.60. The molecular formula is C17H15NO4S2. The van der Waals surface area contributed by atoms with Crippen molar-refractivity contribution in [3.63, 3.8) is 0 Å². The number of thiophene rings is 1. The predicted octanol–water partition coefficient (Wildman–Crippen LogP) is 3.17. The van der Waals surface area contributed by atoms with Crippen LogP contribution < -0.4 is 4.72 Å². The van der Waals surface area contributed by atoms with Gasteiger partial charge in [0.1, 0.15) is 0 Å². The number of hydrogen-bond donors (Lipinski definition) is 1. The van der Waals surface area contributed by atoms with E-state index in [-0.39, 0.29) is 17.0 Å². The number of benzene rings is 2. The van der Waals surface area contributed by atoms with Crippen LogP contribution in [0.25, 0.3) is 10.1 Å². The number of carbonyl (C=O) groups excluding carboxylic acids is 1. The first-order chi connectivity index (χ1) is 11.5. The molecule has 0 saturated heterocycles. The normalized spacial score (nSPS) is 11.5. The Bertz CT molecular complexity index is 993. The van der Waals surface area contributed by atoms with Crippen molar-refractivity contribution in [2.24, 2.45) is 0 Å². The van der Waals surface area contributed by atoms with Gasteiger partial charge in [-0.25, -0.2) is 17.9 Å². The van der Waals surface area contributed by atoms with Crippen LogP contribution >= 0.6 is 11.3 Å². The first-order valence-corrected chi connectivity index (χ1v) is 9.51. The Hall–Kier alpha value is -2.22. The summed E-state index contributed by atoms with van der Waals surface area (Å²) < 4.78 is 33.5. The third kappa shape index (κ3) is 3.19. The van der Waals surface area contributed by atoms with Crippen molar-refractivity contribution in [1.29, 1.82) is 0 Å². The summed E-state index contributed by atoms with van der Waals surface area (Å²) in [5.41, 5.74) is 0.914. The molecule has 0 aliphatic carbocycles. The van der Waals surface area contributed by atoms with Crippen LogP contribution in [0.1, 0.15) is 15.9 Å². The standard InChI is InChI=1S/C17H15NO4S2/c1-22-17(19)14-7-3-5-9-16(14)24(20,21)18-10-12-11-23-15-8-4-2-6-13(12)15/h2-9,11,18H,10H2,1H3. The summed E-state index contributed by atoms with van der Waals surface area (Å²) in [4.78, 5) is 11.7. The zero-order valence-corrected chi connectivity index (χ0v) is 14.5. The second-order valence-electron chi connectivity index (χ2n) is 5.07. The number of nitrogens with one attached hydrogen (secondary N) is 1. The lowest BCUT2D eigenvalue weighted by molar-refractivity contribution is 0.0596. The number of hydrogen-bond acceptors (Lipinski definition) is 5. The Morgan fingerprint density at radius 2 is 1.83 bits per heavy atom. The molecule has 1 aromatic heterocycles. The molecule has 0 atom stereocenters. The average Bonchev–Trinajstić information content (AvgIpc) is 3.02. The van der Waals surface area contributed by atoms with Gasteiger partial charge in [0.2, 0.25) is 10.0 Å². The molecule has 24 heavy (non-hydrogen) atoms. The molecule has 3 rings (SSSR count). The fourth-order valence-corrected chi connectivity index (χ4v) is 4.56. The van der Waals surface area contributed by atoms with E-state index in [0.29, 0.717) is 0 Å². The Morgan fingerprint density at radius 1 is 1.12 bits per heavy atom. The van der Waals surface area contributed by atoms with Gasteiger partial charge in [0.05, 0.1) is 17.6 Å². The molecule has 3 aromatic rings. The topological polar surface area (TPSA) is 72.5 Å². The number of sulfonamides is 1. The van der Waals surface area contributed by atoms with E-state index < -0.39 is 16.0 Å². The monoisotopic (exact) mass is 361 g/mol. The molecule has 0 spiro atoms. The van der Waals surface area contributed by atoms with Crippen LogP contribution in [0.5, 0.6) is 0 Å². The van der Waals surface area contributed by atoms with E-state index in [4.69, 9.17) is 0 Å². The number of esters is 1. The minimum atomic E-state index is -3.84. The number of carbonyl (C=O) groups is 1. The largest absolute Gasteiger partial charge is 0.465 e. The number of rotatable bonds is 5. The summed E-state index contributed by atoms with van der Waals surface area (Å²) in [6.45, 7) is 0.155. The molecular weight excluding hydrogens is 346 g/mol. The Balaban J connectivity index is 1.89. The SMILES string of the molecule is COC(=O)c1ccccc1S(=O)(=O)NCc1csc2ccccc12. The maximum absolute atomic E-state index is 12.6. The lowest BCUT2D eigenvalue weighted by Gasteiger charge is -2.10. The molecule has 5 nitrogen and oxygen atoms in total.